The number of carbonyl (C=O) groups is 1. The van der Waals surface area contributed by atoms with E-state index >= 15 is 0 Å². The third kappa shape index (κ3) is 5.16. The Balaban J connectivity index is 1.53. The summed E-state index contributed by atoms with van der Waals surface area (Å²) in [5.74, 6) is -0.188. The zero-order chi connectivity index (χ0) is 22.1. The average Bonchev–Trinajstić information content (AvgIpc) is 2.94. The maximum atomic E-state index is 12.9. The van der Waals surface area contributed by atoms with Crippen LogP contribution in [0.1, 0.15) is 29.4 Å². The van der Waals surface area contributed by atoms with Crippen molar-refractivity contribution in [1.82, 2.24) is 19.6 Å². The number of carbonyl (C=O) groups excluding carboxylic acids is 1. The van der Waals surface area contributed by atoms with Gasteiger partial charge >= 0.3 is 6.18 Å². The Kier molecular flexibility index (Phi) is 6.77. The van der Waals surface area contributed by atoms with Crippen LogP contribution >= 0.6 is 11.6 Å². The lowest BCUT2D eigenvalue weighted by Gasteiger charge is -2.36. The van der Waals surface area contributed by atoms with Crippen molar-refractivity contribution in [2.24, 2.45) is 5.92 Å². The quantitative estimate of drug-likeness (QED) is 0.698. The van der Waals surface area contributed by atoms with E-state index in [1.165, 1.54) is 12.1 Å². The van der Waals surface area contributed by atoms with E-state index in [2.05, 4.69) is 10.00 Å². The number of piperazine rings is 1. The van der Waals surface area contributed by atoms with E-state index in [4.69, 9.17) is 11.6 Å². The van der Waals surface area contributed by atoms with Gasteiger partial charge in [0.15, 0.2) is 0 Å². The Morgan fingerprint density at radius 2 is 1.87 bits per heavy atom. The number of hydrogen-bond acceptors (Lipinski definition) is 3. The number of amides is 1. The maximum absolute atomic E-state index is 12.9. The molecular formula is C21H26ClF3N4O. The molecule has 1 fully saturated rings. The maximum Gasteiger partial charge on any atom is 0.416 e. The molecule has 164 valence electrons. The van der Waals surface area contributed by atoms with E-state index in [-0.39, 0.29) is 11.8 Å². The van der Waals surface area contributed by atoms with Gasteiger partial charge in [0.1, 0.15) is 0 Å². The van der Waals surface area contributed by atoms with Gasteiger partial charge in [-0.3, -0.25) is 14.4 Å². The zero-order valence-corrected chi connectivity index (χ0v) is 18.1. The second kappa shape index (κ2) is 8.98. The minimum absolute atomic E-state index is 0.0531. The van der Waals surface area contributed by atoms with E-state index in [9.17, 15) is 18.0 Å². The van der Waals surface area contributed by atoms with Crippen molar-refractivity contribution < 1.29 is 18.0 Å². The van der Waals surface area contributed by atoms with E-state index in [0.717, 1.165) is 17.5 Å². The van der Waals surface area contributed by atoms with E-state index < -0.39 is 11.7 Å². The Hall–Kier alpha value is -2.06. The second-order valence-corrected chi connectivity index (χ2v) is 8.25. The molecule has 1 atom stereocenters. The van der Waals surface area contributed by atoms with Gasteiger partial charge in [0.2, 0.25) is 5.91 Å². The van der Waals surface area contributed by atoms with Crippen LogP contribution < -0.4 is 0 Å². The highest BCUT2D eigenvalue weighted by Crippen LogP contribution is 2.30. The summed E-state index contributed by atoms with van der Waals surface area (Å²) in [6.07, 6.45) is -4.34. The molecular weight excluding hydrogens is 417 g/mol. The van der Waals surface area contributed by atoms with Crippen LogP contribution in [0.3, 0.4) is 0 Å². The van der Waals surface area contributed by atoms with Gasteiger partial charge in [0, 0.05) is 32.7 Å². The third-order valence-electron chi connectivity index (χ3n) is 5.51. The number of aryl methyl sites for hydroxylation is 1. The van der Waals surface area contributed by atoms with Crippen molar-refractivity contribution in [1.29, 1.82) is 0 Å². The first-order chi connectivity index (χ1) is 14.1. The highest BCUT2D eigenvalue weighted by Gasteiger charge is 2.31. The number of nitrogens with zero attached hydrogens (tertiary/aromatic N) is 4. The first-order valence-corrected chi connectivity index (χ1v) is 10.3. The SMILES string of the molecule is Cc1nn(CC(C)C(=O)N2CCN(Cc3cccc(C(F)(F)F)c3)CC2)c(C)c1Cl. The van der Waals surface area contributed by atoms with Gasteiger partial charge in [-0.05, 0) is 25.5 Å². The van der Waals surface area contributed by atoms with Crippen molar-refractivity contribution in [3.63, 3.8) is 0 Å². The number of hydrogen-bond donors (Lipinski definition) is 0. The van der Waals surface area contributed by atoms with Gasteiger partial charge < -0.3 is 4.90 Å². The number of benzene rings is 1. The van der Waals surface area contributed by atoms with E-state index in [1.807, 2.05) is 25.7 Å². The molecule has 2 heterocycles. The molecule has 9 heteroatoms. The van der Waals surface area contributed by atoms with Gasteiger partial charge in [-0.2, -0.15) is 18.3 Å². The van der Waals surface area contributed by atoms with Crippen molar-refractivity contribution in [2.45, 2.75) is 40.0 Å². The summed E-state index contributed by atoms with van der Waals surface area (Å²) < 4.78 is 40.5. The van der Waals surface area contributed by atoms with Crippen molar-refractivity contribution in [3.8, 4) is 0 Å². The average molecular weight is 443 g/mol. The number of alkyl halides is 3. The molecule has 30 heavy (non-hydrogen) atoms. The molecule has 1 saturated heterocycles. The molecule has 0 radical (unpaired) electrons. The topological polar surface area (TPSA) is 41.4 Å². The summed E-state index contributed by atoms with van der Waals surface area (Å²) in [5.41, 5.74) is 1.59. The Bertz CT molecular complexity index is 904. The molecule has 0 aliphatic carbocycles. The molecule has 1 aliphatic heterocycles. The van der Waals surface area contributed by atoms with E-state index in [0.29, 0.717) is 49.9 Å². The van der Waals surface area contributed by atoms with Gasteiger partial charge in [0.25, 0.3) is 0 Å². The standard InChI is InChI=1S/C21H26ClF3N4O/c1-14(12-29-16(3)19(22)15(2)26-29)20(30)28-9-7-27(8-10-28)13-17-5-4-6-18(11-17)21(23,24)25/h4-6,11,14H,7-10,12-13H2,1-3H3. The highest BCUT2D eigenvalue weighted by molar-refractivity contribution is 6.31. The Morgan fingerprint density at radius 3 is 2.43 bits per heavy atom. The molecule has 0 saturated carbocycles. The van der Waals surface area contributed by atoms with Gasteiger partial charge in [-0.15, -0.1) is 0 Å². The first kappa shape index (κ1) is 22.6. The summed E-state index contributed by atoms with van der Waals surface area (Å²) >= 11 is 6.18. The highest BCUT2D eigenvalue weighted by atomic mass is 35.5. The van der Waals surface area contributed by atoms with Crippen molar-refractivity contribution >= 4 is 17.5 Å². The normalized spacial score (nSPS) is 16.7. The molecule has 3 rings (SSSR count). The number of halogens is 4. The fraction of sp³-hybridized carbons (Fsp3) is 0.524. The van der Waals surface area contributed by atoms with Gasteiger partial charge in [-0.25, -0.2) is 0 Å². The lowest BCUT2D eigenvalue weighted by Crippen LogP contribution is -2.50. The molecule has 1 aromatic heterocycles. The molecule has 5 nitrogen and oxygen atoms in total. The molecule has 1 unspecified atom stereocenters. The second-order valence-electron chi connectivity index (χ2n) is 7.87. The third-order valence-corrected chi connectivity index (χ3v) is 6.05. The van der Waals surface area contributed by atoms with Crippen LogP contribution in [0.2, 0.25) is 5.02 Å². The van der Waals surface area contributed by atoms with Crippen molar-refractivity contribution in [3.05, 3.63) is 51.8 Å². The van der Waals surface area contributed by atoms with Gasteiger partial charge in [0.05, 0.1) is 34.4 Å². The lowest BCUT2D eigenvalue weighted by molar-refractivity contribution is -0.138. The molecule has 1 aliphatic rings. The van der Waals surface area contributed by atoms with Crippen LogP contribution in [0.4, 0.5) is 13.2 Å². The summed E-state index contributed by atoms with van der Waals surface area (Å²) in [7, 11) is 0. The van der Waals surface area contributed by atoms with Crippen LogP contribution in [0.25, 0.3) is 0 Å². The Morgan fingerprint density at radius 1 is 1.20 bits per heavy atom. The molecule has 2 aromatic rings. The first-order valence-electron chi connectivity index (χ1n) is 9.93. The fourth-order valence-corrected chi connectivity index (χ4v) is 3.87. The largest absolute Gasteiger partial charge is 0.416 e. The zero-order valence-electron chi connectivity index (χ0n) is 17.3. The number of aromatic nitrogens is 2. The van der Waals surface area contributed by atoms with E-state index in [1.54, 1.807) is 10.7 Å². The van der Waals surface area contributed by atoms with Gasteiger partial charge in [-0.1, -0.05) is 36.7 Å². The Labute approximate surface area is 179 Å². The van der Waals surface area contributed by atoms with Crippen LogP contribution in [0.15, 0.2) is 24.3 Å². The van der Waals surface area contributed by atoms with Crippen LogP contribution in [-0.2, 0) is 24.1 Å². The predicted octanol–water partition coefficient (Wildman–Crippen LogP) is 4.15. The molecule has 1 aromatic carbocycles. The summed E-state index contributed by atoms with van der Waals surface area (Å²) in [4.78, 5) is 16.7. The minimum Gasteiger partial charge on any atom is -0.340 e. The van der Waals surface area contributed by atoms with Crippen molar-refractivity contribution in [2.75, 3.05) is 26.2 Å². The molecule has 0 N–H and O–H groups in total. The molecule has 1 amide bonds. The lowest BCUT2D eigenvalue weighted by atomic mass is 10.1. The fourth-order valence-electron chi connectivity index (χ4n) is 3.73. The summed E-state index contributed by atoms with van der Waals surface area (Å²) in [6, 6.07) is 5.41. The van der Waals surface area contributed by atoms with Crippen LogP contribution in [-0.4, -0.2) is 51.7 Å². The van der Waals surface area contributed by atoms with Crippen LogP contribution in [0.5, 0.6) is 0 Å². The van der Waals surface area contributed by atoms with Crippen LogP contribution in [0, 0.1) is 19.8 Å². The smallest absolute Gasteiger partial charge is 0.340 e. The summed E-state index contributed by atoms with van der Waals surface area (Å²) in [5, 5.41) is 5.01. The predicted molar refractivity (Wildman–Crippen MR) is 109 cm³/mol. The molecule has 0 spiro atoms. The number of rotatable bonds is 5. The summed E-state index contributed by atoms with van der Waals surface area (Å²) in [6.45, 7) is 8.85. The minimum atomic E-state index is -4.34. The monoisotopic (exact) mass is 442 g/mol. The molecule has 0 bridgehead atoms.